The molecule has 7 nitrogen and oxygen atoms in total. The van der Waals surface area contributed by atoms with Gasteiger partial charge in [0.1, 0.15) is 12.4 Å². The Kier molecular flexibility index (Phi) is 13.3. The lowest BCUT2D eigenvalue weighted by Crippen LogP contribution is -2.06. The molecule has 0 saturated carbocycles. The number of allylic oxidation sites excluding steroid dienone is 1. The maximum Gasteiger partial charge on any atom is 0.338 e. The Balaban J connectivity index is 1.68. The number of ether oxygens (including phenoxy) is 3. The van der Waals surface area contributed by atoms with Crippen LogP contribution in [0, 0.1) is 5.92 Å². The molecule has 1 atom stereocenters. The molecule has 3 rings (SSSR count). The average molecular weight is 572 g/mol. The highest BCUT2D eigenvalue weighted by molar-refractivity contribution is 5.89. The molecule has 1 amide bonds. The van der Waals surface area contributed by atoms with Crippen LogP contribution in [-0.4, -0.2) is 31.1 Å². The Bertz CT molecular complexity index is 1310. The number of hydrogen-bond acceptors (Lipinski definition) is 6. The minimum atomic E-state index is -0.320. The number of benzene rings is 3. The summed E-state index contributed by atoms with van der Waals surface area (Å²) >= 11 is 0. The molecule has 0 spiro atoms. The number of hydrogen-bond donors (Lipinski definition) is 1. The largest absolute Gasteiger partial charge is 0.488 e. The fourth-order valence-corrected chi connectivity index (χ4v) is 4.51. The van der Waals surface area contributed by atoms with E-state index in [9.17, 15) is 14.4 Å². The van der Waals surface area contributed by atoms with Crippen molar-refractivity contribution in [1.82, 2.24) is 0 Å². The molecule has 0 aliphatic heterocycles. The highest BCUT2D eigenvalue weighted by Gasteiger charge is 2.11. The van der Waals surface area contributed by atoms with Gasteiger partial charge in [-0.15, -0.1) is 0 Å². The minimum Gasteiger partial charge on any atom is -0.488 e. The molecule has 1 N–H and O–H groups in total. The molecular weight excluding hydrogens is 530 g/mol. The van der Waals surface area contributed by atoms with E-state index in [1.165, 1.54) is 6.92 Å². The predicted octanol–water partition coefficient (Wildman–Crippen LogP) is 7.40. The van der Waals surface area contributed by atoms with E-state index >= 15 is 0 Å². The van der Waals surface area contributed by atoms with Crippen LogP contribution >= 0.6 is 0 Å². The smallest absolute Gasteiger partial charge is 0.338 e. The lowest BCUT2D eigenvalue weighted by molar-refractivity contribution is -0.143. The van der Waals surface area contributed by atoms with Crippen molar-refractivity contribution >= 4 is 29.6 Å². The Morgan fingerprint density at radius 2 is 1.52 bits per heavy atom. The third-order valence-electron chi connectivity index (χ3n) is 6.61. The highest BCUT2D eigenvalue weighted by atomic mass is 16.5. The Morgan fingerprint density at radius 1 is 0.833 bits per heavy atom. The lowest BCUT2D eigenvalue weighted by atomic mass is 9.92. The Morgan fingerprint density at radius 3 is 2.21 bits per heavy atom. The molecule has 0 fully saturated rings. The van der Waals surface area contributed by atoms with Gasteiger partial charge in [-0.25, -0.2) is 4.79 Å². The molecule has 0 aromatic heterocycles. The van der Waals surface area contributed by atoms with Gasteiger partial charge < -0.3 is 19.5 Å². The predicted molar refractivity (Wildman–Crippen MR) is 165 cm³/mol. The summed E-state index contributed by atoms with van der Waals surface area (Å²) in [5, 5.41) is 2.77. The van der Waals surface area contributed by atoms with Crippen LogP contribution in [0.4, 0.5) is 5.69 Å². The van der Waals surface area contributed by atoms with E-state index in [0.717, 1.165) is 53.8 Å². The van der Waals surface area contributed by atoms with Crippen LogP contribution in [0.25, 0.3) is 6.08 Å². The number of carbonyl (C=O) groups excluding carboxylic acids is 3. The Hall–Kier alpha value is -4.39. The molecule has 0 aliphatic carbocycles. The molecular formula is C35H41NO6. The van der Waals surface area contributed by atoms with Crippen LogP contribution in [0.2, 0.25) is 0 Å². The van der Waals surface area contributed by atoms with Gasteiger partial charge >= 0.3 is 11.9 Å². The third-order valence-corrected chi connectivity index (χ3v) is 6.61. The second-order valence-electron chi connectivity index (χ2n) is 10.00. The van der Waals surface area contributed by atoms with Crippen molar-refractivity contribution in [2.45, 2.75) is 59.5 Å². The summed E-state index contributed by atoms with van der Waals surface area (Å²) in [5.41, 5.74) is 4.38. The summed E-state index contributed by atoms with van der Waals surface area (Å²) in [7, 11) is 0. The zero-order valence-electron chi connectivity index (χ0n) is 24.8. The van der Waals surface area contributed by atoms with Crippen molar-refractivity contribution in [2.75, 3.05) is 18.5 Å². The fraction of sp³-hybridized carbons (Fsp3) is 0.343. The molecule has 0 saturated heterocycles. The summed E-state index contributed by atoms with van der Waals surface area (Å²) in [6.07, 6.45) is 8.07. The molecule has 0 heterocycles. The number of unbranched alkanes of at least 4 members (excludes halogenated alkanes) is 1. The third kappa shape index (κ3) is 11.2. The number of carbonyl (C=O) groups is 3. The van der Waals surface area contributed by atoms with E-state index in [2.05, 4.69) is 17.5 Å². The summed E-state index contributed by atoms with van der Waals surface area (Å²) in [5.74, 6) is 0.412. The van der Waals surface area contributed by atoms with Crippen molar-refractivity contribution in [2.24, 2.45) is 5.92 Å². The lowest BCUT2D eigenvalue weighted by Gasteiger charge is -2.15. The van der Waals surface area contributed by atoms with Crippen molar-refractivity contribution in [3.63, 3.8) is 0 Å². The highest BCUT2D eigenvalue weighted by Crippen LogP contribution is 2.25. The van der Waals surface area contributed by atoms with Gasteiger partial charge in [0.2, 0.25) is 5.91 Å². The second kappa shape index (κ2) is 17.4. The van der Waals surface area contributed by atoms with Gasteiger partial charge in [-0.05, 0) is 80.5 Å². The first kappa shape index (κ1) is 32.1. The van der Waals surface area contributed by atoms with E-state index in [-0.39, 0.29) is 23.8 Å². The zero-order valence-corrected chi connectivity index (χ0v) is 24.8. The van der Waals surface area contributed by atoms with Gasteiger partial charge in [-0.1, -0.05) is 61.0 Å². The van der Waals surface area contributed by atoms with Gasteiger partial charge in [0.25, 0.3) is 0 Å². The molecule has 3 aromatic rings. The summed E-state index contributed by atoms with van der Waals surface area (Å²) in [4.78, 5) is 35.1. The van der Waals surface area contributed by atoms with Gasteiger partial charge in [0, 0.05) is 24.6 Å². The van der Waals surface area contributed by atoms with E-state index in [1.54, 1.807) is 19.1 Å². The minimum absolute atomic E-state index is 0.106. The number of rotatable bonds is 16. The van der Waals surface area contributed by atoms with E-state index in [0.29, 0.717) is 31.8 Å². The van der Waals surface area contributed by atoms with Crippen molar-refractivity contribution in [3.05, 3.63) is 101 Å². The molecule has 222 valence electrons. The Labute approximate surface area is 248 Å². The number of esters is 2. The maximum atomic E-state index is 12.0. The average Bonchev–Trinajstić information content (AvgIpc) is 2.98. The molecule has 3 aromatic carbocycles. The number of nitrogens with one attached hydrogen (secondary N) is 1. The first-order valence-corrected chi connectivity index (χ1v) is 14.6. The van der Waals surface area contributed by atoms with Crippen LogP contribution in [-0.2, 0) is 32.1 Å². The van der Waals surface area contributed by atoms with Crippen molar-refractivity contribution in [1.29, 1.82) is 0 Å². The first-order chi connectivity index (χ1) is 20.4. The van der Waals surface area contributed by atoms with Crippen LogP contribution in [0.5, 0.6) is 5.75 Å². The molecule has 0 aliphatic rings. The van der Waals surface area contributed by atoms with E-state index in [1.807, 2.05) is 67.6 Å². The van der Waals surface area contributed by atoms with Crippen LogP contribution in [0.15, 0.2) is 78.9 Å². The van der Waals surface area contributed by atoms with Crippen molar-refractivity contribution in [3.8, 4) is 5.75 Å². The summed E-state index contributed by atoms with van der Waals surface area (Å²) < 4.78 is 16.3. The molecule has 0 bridgehead atoms. The zero-order chi connectivity index (χ0) is 30.2. The SMILES string of the molecule is CCOC(=O)CCCCC(C=Cc1ccccc1OCc1ccc(NC(C)=O)cc1)Cc1ccc(C(=O)OCC)cc1. The van der Waals surface area contributed by atoms with Gasteiger partial charge in [0.15, 0.2) is 0 Å². The van der Waals surface area contributed by atoms with Crippen LogP contribution in [0.3, 0.4) is 0 Å². The van der Waals surface area contributed by atoms with Crippen LogP contribution < -0.4 is 10.1 Å². The first-order valence-electron chi connectivity index (χ1n) is 14.6. The monoisotopic (exact) mass is 571 g/mol. The van der Waals surface area contributed by atoms with E-state index in [4.69, 9.17) is 14.2 Å². The molecule has 7 heteroatoms. The van der Waals surface area contributed by atoms with Gasteiger partial charge in [-0.2, -0.15) is 0 Å². The quantitative estimate of drug-likeness (QED) is 0.142. The summed E-state index contributed by atoms with van der Waals surface area (Å²) in [6.45, 7) is 6.23. The molecule has 1 unspecified atom stereocenters. The number of amides is 1. The number of para-hydroxylation sites is 1. The van der Waals surface area contributed by atoms with Crippen molar-refractivity contribution < 1.29 is 28.6 Å². The standard InChI is InChI=1S/C35H41NO6/c1-4-40-34(38)13-9-6-10-27(24-28-15-20-31(21-16-28)35(39)41-5-2)14-19-30-11-7-8-12-33(30)42-25-29-17-22-32(23-18-29)36-26(3)37/h7-8,11-12,14-23,27H,4-6,9-10,13,24-25H2,1-3H3,(H,36,37). The maximum absolute atomic E-state index is 12.0. The van der Waals surface area contributed by atoms with Gasteiger partial charge in [-0.3, -0.25) is 9.59 Å². The second-order valence-corrected chi connectivity index (χ2v) is 10.00. The topological polar surface area (TPSA) is 90.9 Å². The summed E-state index contributed by atoms with van der Waals surface area (Å²) in [6, 6.07) is 23.1. The van der Waals surface area contributed by atoms with Crippen LogP contribution in [0.1, 0.15) is 73.5 Å². The van der Waals surface area contributed by atoms with E-state index < -0.39 is 0 Å². The normalized spacial score (nSPS) is 11.6. The fourth-order valence-electron chi connectivity index (χ4n) is 4.51. The molecule has 0 radical (unpaired) electrons. The molecule has 42 heavy (non-hydrogen) atoms. The number of anilines is 1. The van der Waals surface area contributed by atoms with Gasteiger partial charge in [0.05, 0.1) is 18.8 Å².